The number of benzene rings is 1. The van der Waals surface area contributed by atoms with Crippen LogP contribution in [0.15, 0.2) is 52.7 Å². The van der Waals surface area contributed by atoms with Gasteiger partial charge >= 0.3 is 0 Å². The first kappa shape index (κ1) is 25.1. The van der Waals surface area contributed by atoms with Crippen molar-refractivity contribution in [2.75, 3.05) is 32.8 Å². The standard InChI is InChI=1S/C25H35F2N5O/c1-5-17(2)30-19(4)25-29-13-21(31-25)8-6-18(3)28-14-22-16-32(10-11-33-22)15-20-7-9-23(26)24(27)12-20/h7,9,12,17,22,28,30H,3-6,8,10-11,13-16H2,1-2H3/t17?,22-/m0/s1. The van der Waals surface area contributed by atoms with Gasteiger partial charge in [0.1, 0.15) is 0 Å². The number of morpholine rings is 1. The van der Waals surface area contributed by atoms with E-state index in [1.807, 2.05) is 0 Å². The normalized spacial score (nSPS) is 19.6. The molecule has 8 heteroatoms. The van der Waals surface area contributed by atoms with E-state index in [4.69, 9.17) is 4.74 Å². The lowest BCUT2D eigenvalue weighted by Gasteiger charge is -2.33. The molecule has 0 bridgehead atoms. The smallest absolute Gasteiger partial charge is 0.170 e. The monoisotopic (exact) mass is 459 g/mol. The summed E-state index contributed by atoms with van der Waals surface area (Å²) in [6, 6.07) is 4.41. The Morgan fingerprint density at radius 1 is 1.30 bits per heavy atom. The zero-order chi connectivity index (χ0) is 23.8. The summed E-state index contributed by atoms with van der Waals surface area (Å²) in [6.07, 6.45) is 2.60. The number of allylic oxidation sites excluding steroid dienone is 1. The molecule has 0 amide bonds. The molecule has 2 aliphatic heterocycles. The number of nitrogens with zero attached hydrogens (tertiary/aromatic N) is 3. The summed E-state index contributed by atoms with van der Waals surface area (Å²) in [7, 11) is 0. The van der Waals surface area contributed by atoms with E-state index in [-0.39, 0.29) is 6.10 Å². The van der Waals surface area contributed by atoms with Crippen molar-refractivity contribution in [2.24, 2.45) is 9.98 Å². The summed E-state index contributed by atoms with van der Waals surface area (Å²) in [6.45, 7) is 16.3. The molecular formula is C25H35F2N5O. The van der Waals surface area contributed by atoms with Crippen molar-refractivity contribution in [3.05, 3.63) is 59.9 Å². The molecule has 0 aromatic heterocycles. The van der Waals surface area contributed by atoms with Crippen molar-refractivity contribution in [3.8, 4) is 0 Å². The van der Waals surface area contributed by atoms with Crippen molar-refractivity contribution in [3.63, 3.8) is 0 Å². The van der Waals surface area contributed by atoms with E-state index < -0.39 is 11.6 Å². The second-order valence-corrected chi connectivity index (χ2v) is 8.71. The predicted molar refractivity (Wildman–Crippen MR) is 130 cm³/mol. The molecule has 0 aliphatic carbocycles. The van der Waals surface area contributed by atoms with Gasteiger partial charge in [0.15, 0.2) is 17.5 Å². The quantitative estimate of drug-likeness (QED) is 0.499. The van der Waals surface area contributed by atoms with Gasteiger partial charge in [-0.3, -0.25) is 9.89 Å². The molecule has 2 aliphatic rings. The topological polar surface area (TPSA) is 61.2 Å². The molecular weight excluding hydrogens is 424 g/mol. The number of aliphatic imine (C=N–C) groups is 2. The molecule has 1 aromatic rings. The van der Waals surface area contributed by atoms with Crippen molar-refractivity contribution in [1.29, 1.82) is 0 Å². The molecule has 2 atom stereocenters. The molecule has 0 spiro atoms. The second-order valence-electron chi connectivity index (χ2n) is 8.71. The van der Waals surface area contributed by atoms with Gasteiger partial charge in [-0.25, -0.2) is 13.8 Å². The molecule has 1 aromatic carbocycles. The maximum atomic E-state index is 13.5. The van der Waals surface area contributed by atoms with Gasteiger partial charge in [0.2, 0.25) is 0 Å². The zero-order valence-corrected chi connectivity index (χ0v) is 19.7. The van der Waals surface area contributed by atoms with Crippen molar-refractivity contribution < 1.29 is 13.5 Å². The Hall–Kier alpha value is -2.58. The van der Waals surface area contributed by atoms with Gasteiger partial charge < -0.3 is 15.4 Å². The molecule has 0 saturated carbocycles. The Bertz CT molecular complexity index is 914. The van der Waals surface area contributed by atoms with Gasteiger partial charge in [-0.2, -0.15) is 0 Å². The fourth-order valence-electron chi connectivity index (χ4n) is 3.73. The fraction of sp³-hybridized carbons (Fsp3) is 0.520. The fourth-order valence-corrected chi connectivity index (χ4v) is 3.73. The van der Waals surface area contributed by atoms with Crippen LogP contribution in [0.1, 0.15) is 38.7 Å². The van der Waals surface area contributed by atoms with Crippen LogP contribution in [0.5, 0.6) is 0 Å². The van der Waals surface area contributed by atoms with Crippen LogP contribution < -0.4 is 10.6 Å². The van der Waals surface area contributed by atoms with Crippen LogP contribution >= 0.6 is 0 Å². The summed E-state index contributed by atoms with van der Waals surface area (Å²) in [5, 5.41) is 6.69. The Labute approximate surface area is 195 Å². The number of rotatable bonds is 12. The van der Waals surface area contributed by atoms with Crippen LogP contribution in [0, 0.1) is 11.6 Å². The molecule has 1 saturated heterocycles. The van der Waals surface area contributed by atoms with Crippen LogP contribution in [0.2, 0.25) is 0 Å². The highest BCUT2D eigenvalue weighted by atomic mass is 19.2. The third-order valence-corrected chi connectivity index (χ3v) is 5.89. The minimum Gasteiger partial charge on any atom is -0.386 e. The van der Waals surface area contributed by atoms with E-state index in [1.165, 1.54) is 12.1 Å². The van der Waals surface area contributed by atoms with E-state index in [0.29, 0.717) is 44.7 Å². The lowest BCUT2D eigenvalue weighted by Crippen LogP contribution is -2.46. The molecule has 2 heterocycles. The largest absolute Gasteiger partial charge is 0.386 e. The third kappa shape index (κ3) is 7.75. The van der Waals surface area contributed by atoms with E-state index in [2.05, 4.69) is 52.5 Å². The van der Waals surface area contributed by atoms with Crippen molar-refractivity contribution in [1.82, 2.24) is 15.5 Å². The molecule has 180 valence electrons. The summed E-state index contributed by atoms with van der Waals surface area (Å²) in [4.78, 5) is 11.3. The molecule has 1 fully saturated rings. The van der Waals surface area contributed by atoms with E-state index in [0.717, 1.165) is 48.5 Å². The minimum absolute atomic E-state index is 0.00880. The maximum absolute atomic E-state index is 13.5. The van der Waals surface area contributed by atoms with Gasteiger partial charge in [-0.1, -0.05) is 26.1 Å². The highest BCUT2D eigenvalue weighted by Gasteiger charge is 2.21. The molecule has 3 rings (SSSR count). The Morgan fingerprint density at radius 2 is 2.12 bits per heavy atom. The number of nitrogens with one attached hydrogen (secondary N) is 2. The van der Waals surface area contributed by atoms with E-state index in [1.54, 1.807) is 6.07 Å². The predicted octanol–water partition coefficient (Wildman–Crippen LogP) is 3.80. The minimum atomic E-state index is -0.819. The number of hydrogen-bond acceptors (Lipinski definition) is 6. The Kier molecular flexibility index (Phi) is 9.14. The van der Waals surface area contributed by atoms with Crippen LogP contribution in [0.4, 0.5) is 8.78 Å². The molecule has 1 unspecified atom stereocenters. The summed E-state index contributed by atoms with van der Waals surface area (Å²) in [5.41, 5.74) is 3.50. The van der Waals surface area contributed by atoms with Gasteiger partial charge in [0, 0.05) is 43.6 Å². The number of hydrogen-bond donors (Lipinski definition) is 2. The Balaban J connectivity index is 1.37. The first-order valence-electron chi connectivity index (χ1n) is 11.6. The van der Waals surface area contributed by atoms with Crippen molar-refractivity contribution >= 4 is 11.5 Å². The van der Waals surface area contributed by atoms with Crippen LogP contribution in [0.25, 0.3) is 0 Å². The summed E-state index contributed by atoms with van der Waals surface area (Å²) < 4.78 is 32.5. The number of amidine groups is 1. The summed E-state index contributed by atoms with van der Waals surface area (Å²) >= 11 is 0. The second kappa shape index (κ2) is 12.0. The maximum Gasteiger partial charge on any atom is 0.170 e. The van der Waals surface area contributed by atoms with Crippen LogP contribution in [-0.2, 0) is 11.3 Å². The lowest BCUT2D eigenvalue weighted by molar-refractivity contribution is -0.0290. The highest BCUT2D eigenvalue weighted by molar-refractivity contribution is 6.10. The molecule has 33 heavy (non-hydrogen) atoms. The highest BCUT2D eigenvalue weighted by Crippen LogP contribution is 2.14. The first-order chi connectivity index (χ1) is 15.8. The van der Waals surface area contributed by atoms with Crippen LogP contribution in [-0.4, -0.2) is 61.4 Å². The van der Waals surface area contributed by atoms with Gasteiger partial charge in [0.05, 0.1) is 25.0 Å². The number of halogens is 2. The van der Waals surface area contributed by atoms with E-state index in [9.17, 15) is 8.78 Å². The first-order valence-corrected chi connectivity index (χ1v) is 11.6. The third-order valence-electron chi connectivity index (χ3n) is 5.89. The average molecular weight is 460 g/mol. The van der Waals surface area contributed by atoms with Crippen molar-refractivity contribution in [2.45, 2.75) is 51.8 Å². The van der Waals surface area contributed by atoms with E-state index >= 15 is 0 Å². The van der Waals surface area contributed by atoms with Gasteiger partial charge in [-0.15, -0.1) is 0 Å². The Morgan fingerprint density at radius 3 is 2.88 bits per heavy atom. The van der Waals surface area contributed by atoms with Gasteiger partial charge in [0.25, 0.3) is 0 Å². The summed E-state index contributed by atoms with van der Waals surface area (Å²) in [5.74, 6) is -0.934. The van der Waals surface area contributed by atoms with Crippen LogP contribution in [0.3, 0.4) is 0 Å². The molecule has 2 N–H and O–H groups in total. The zero-order valence-electron chi connectivity index (χ0n) is 19.7. The number of ether oxygens (including phenoxy) is 1. The SMILES string of the molecule is C=C(CCC1=NC(C(=C)NC(C)CC)=NC1)NC[C@H]1CN(Cc2ccc(F)c(F)c2)CCO1. The average Bonchev–Trinajstić information content (AvgIpc) is 3.28. The lowest BCUT2D eigenvalue weighted by atomic mass is 10.1. The van der Waals surface area contributed by atoms with Gasteiger partial charge in [-0.05, 0) is 43.9 Å². The molecule has 0 radical (unpaired) electrons. The molecule has 6 nitrogen and oxygen atoms in total.